The molecule has 0 N–H and O–H groups in total. The average Bonchev–Trinajstić information content (AvgIpc) is 3.10. The number of benzene rings is 2. The molecule has 0 saturated heterocycles. The number of hydrogen-bond donors (Lipinski definition) is 0. The maximum Gasteiger partial charge on any atom is 0.361 e. The molecule has 1 heterocycles. The Morgan fingerprint density at radius 2 is 1.75 bits per heavy atom. The van der Waals surface area contributed by atoms with E-state index in [2.05, 4.69) is 4.98 Å². The number of aromatic nitrogens is 2. The lowest BCUT2D eigenvalue weighted by Gasteiger charge is -2.17. The summed E-state index contributed by atoms with van der Waals surface area (Å²) in [5.41, 5.74) is 3.09. The van der Waals surface area contributed by atoms with Gasteiger partial charge in [0.2, 0.25) is 0 Å². The number of nitrogens with zero attached hydrogens (tertiary/aromatic N) is 2. The number of fused-ring (bicyclic) bond motifs is 1. The smallest absolute Gasteiger partial charge is 0.361 e. The molecule has 0 atom stereocenters. The third-order valence-corrected chi connectivity index (χ3v) is 6.37. The molecule has 0 spiro atoms. The number of methoxy groups -OCH3 is 1. The molecule has 2 aromatic carbocycles. The van der Waals surface area contributed by atoms with Gasteiger partial charge in [0, 0.05) is 6.54 Å². The van der Waals surface area contributed by atoms with Gasteiger partial charge >= 0.3 is 13.6 Å². The van der Waals surface area contributed by atoms with Crippen LogP contribution in [0.3, 0.4) is 0 Å². The topological polar surface area (TPSA) is 79.7 Å². The Bertz CT molecular complexity index is 1000. The van der Waals surface area contributed by atoms with Gasteiger partial charge in [-0.2, -0.15) is 0 Å². The zero-order chi connectivity index (χ0) is 20.1. The Kier molecular flexibility index (Phi) is 6.29. The van der Waals surface area contributed by atoms with Crippen LogP contribution in [0.1, 0.15) is 29.8 Å². The van der Waals surface area contributed by atoms with Crippen LogP contribution in [0.2, 0.25) is 0 Å². The Labute approximate surface area is 163 Å². The molecule has 0 aliphatic carbocycles. The van der Waals surface area contributed by atoms with Crippen molar-refractivity contribution in [3.8, 4) is 0 Å². The van der Waals surface area contributed by atoms with Gasteiger partial charge in [-0.3, -0.25) is 4.57 Å². The van der Waals surface area contributed by atoms with Crippen LogP contribution >= 0.6 is 7.60 Å². The molecule has 7 nitrogen and oxygen atoms in total. The van der Waals surface area contributed by atoms with Gasteiger partial charge in [0.25, 0.3) is 0 Å². The molecule has 148 valence electrons. The number of esters is 1. The van der Waals surface area contributed by atoms with E-state index < -0.39 is 7.60 Å². The normalized spacial score (nSPS) is 11.7. The van der Waals surface area contributed by atoms with Gasteiger partial charge in [0.15, 0.2) is 0 Å². The minimum Gasteiger partial charge on any atom is -0.465 e. The fourth-order valence-corrected chi connectivity index (χ4v) is 4.50. The van der Waals surface area contributed by atoms with Gasteiger partial charge in [-0.05, 0) is 49.7 Å². The second-order valence-corrected chi connectivity index (χ2v) is 8.09. The van der Waals surface area contributed by atoms with E-state index in [1.807, 2.05) is 16.7 Å². The zero-order valence-corrected chi connectivity index (χ0v) is 17.0. The molecule has 3 aromatic rings. The van der Waals surface area contributed by atoms with Crippen LogP contribution in [0.15, 0.2) is 48.8 Å². The average molecular weight is 402 g/mol. The van der Waals surface area contributed by atoms with E-state index in [-0.39, 0.29) is 5.97 Å². The molecular weight excluding hydrogens is 379 g/mol. The predicted molar refractivity (Wildman–Crippen MR) is 107 cm³/mol. The summed E-state index contributed by atoms with van der Waals surface area (Å²) in [6, 6.07) is 12.6. The highest BCUT2D eigenvalue weighted by Crippen LogP contribution is 2.46. The third-order valence-electron chi connectivity index (χ3n) is 4.25. The Morgan fingerprint density at radius 3 is 2.36 bits per heavy atom. The van der Waals surface area contributed by atoms with Crippen LogP contribution in [-0.4, -0.2) is 35.8 Å². The number of imidazole rings is 1. The summed E-state index contributed by atoms with van der Waals surface area (Å²) < 4.78 is 30.3. The second-order valence-electron chi connectivity index (χ2n) is 6.07. The maximum absolute atomic E-state index is 12.8. The lowest BCUT2D eigenvalue weighted by Crippen LogP contribution is -2.11. The molecule has 0 amide bonds. The van der Waals surface area contributed by atoms with Crippen molar-refractivity contribution < 1.29 is 23.1 Å². The van der Waals surface area contributed by atoms with Crippen molar-refractivity contribution >= 4 is 29.9 Å². The van der Waals surface area contributed by atoms with Crippen molar-refractivity contribution in [1.29, 1.82) is 0 Å². The first-order chi connectivity index (χ1) is 13.5. The summed E-state index contributed by atoms with van der Waals surface area (Å²) >= 11 is 0. The molecule has 0 radical (unpaired) electrons. The van der Waals surface area contributed by atoms with Crippen molar-refractivity contribution in [3.05, 3.63) is 59.9 Å². The summed E-state index contributed by atoms with van der Waals surface area (Å²) in [6.07, 6.45) is 1.73. The minimum absolute atomic E-state index is 0.308. The van der Waals surface area contributed by atoms with Crippen molar-refractivity contribution in [2.24, 2.45) is 0 Å². The number of rotatable bonds is 8. The summed E-state index contributed by atoms with van der Waals surface area (Å²) in [5, 5.41) is 0.531. The van der Waals surface area contributed by atoms with E-state index in [1.54, 1.807) is 50.5 Å². The first kappa shape index (κ1) is 20.3. The van der Waals surface area contributed by atoms with E-state index in [4.69, 9.17) is 13.8 Å². The van der Waals surface area contributed by atoms with E-state index in [9.17, 15) is 9.36 Å². The lowest BCUT2D eigenvalue weighted by molar-refractivity contribution is 0.0601. The first-order valence-electron chi connectivity index (χ1n) is 9.02. The molecule has 1 aromatic heterocycles. The molecule has 28 heavy (non-hydrogen) atoms. The molecule has 8 heteroatoms. The monoisotopic (exact) mass is 402 g/mol. The number of carbonyl (C=O) groups excluding carboxylic acids is 1. The Balaban J connectivity index is 1.86. The lowest BCUT2D eigenvalue weighted by atomic mass is 10.2. The predicted octanol–water partition coefficient (Wildman–Crippen LogP) is 3.76. The number of ether oxygens (including phenoxy) is 1. The van der Waals surface area contributed by atoms with Crippen LogP contribution in [0.5, 0.6) is 0 Å². The van der Waals surface area contributed by atoms with Crippen LogP contribution < -0.4 is 5.30 Å². The van der Waals surface area contributed by atoms with Crippen molar-refractivity contribution in [2.45, 2.75) is 20.4 Å². The van der Waals surface area contributed by atoms with Crippen molar-refractivity contribution in [2.75, 3.05) is 20.3 Å². The molecule has 0 aliphatic heterocycles. The van der Waals surface area contributed by atoms with Gasteiger partial charge in [0.05, 0.1) is 48.6 Å². The van der Waals surface area contributed by atoms with E-state index in [0.29, 0.717) is 30.6 Å². The van der Waals surface area contributed by atoms with Gasteiger partial charge in [-0.25, -0.2) is 9.78 Å². The van der Waals surface area contributed by atoms with E-state index in [1.165, 1.54) is 7.11 Å². The molecule has 0 bridgehead atoms. The highest BCUT2D eigenvalue weighted by molar-refractivity contribution is 7.62. The van der Waals surface area contributed by atoms with Crippen molar-refractivity contribution in [1.82, 2.24) is 9.55 Å². The SMILES string of the molecule is CCOP(=O)(OCC)c1ccc(Cn2cnc3ccc(C(=O)OC)cc32)cc1. The third kappa shape index (κ3) is 4.17. The first-order valence-corrected chi connectivity index (χ1v) is 10.6. The van der Waals surface area contributed by atoms with Gasteiger partial charge in [-0.15, -0.1) is 0 Å². The van der Waals surface area contributed by atoms with Crippen LogP contribution in [0.4, 0.5) is 0 Å². The maximum atomic E-state index is 12.8. The highest BCUT2D eigenvalue weighted by atomic mass is 31.2. The van der Waals surface area contributed by atoms with Crippen molar-refractivity contribution in [3.63, 3.8) is 0 Å². The van der Waals surface area contributed by atoms with E-state index >= 15 is 0 Å². The van der Waals surface area contributed by atoms with Crippen LogP contribution in [0, 0.1) is 0 Å². The molecule has 0 saturated carbocycles. The van der Waals surface area contributed by atoms with Crippen LogP contribution in [0.25, 0.3) is 11.0 Å². The quantitative estimate of drug-likeness (QED) is 0.422. The standard InChI is InChI=1S/C20H23N2O5P/c1-4-26-28(24,27-5-2)17-9-6-15(7-10-17)13-22-14-21-18-11-8-16(12-19(18)22)20(23)25-3/h6-12,14H,4-5,13H2,1-3H3. The Hall–Kier alpha value is -2.47. The Morgan fingerprint density at radius 1 is 1.07 bits per heavy atom. The van der Waals surface area contributed by atoms with Crippen LogP contribution in [-0.2, 0) is 24.9 Å². The largest absolute Gasteiger partial charge is 0.465 e. The number of carbonyl (C=O) groups is 1. The molecular formula is C20H23N2O5P. The highest BCUT2D eigenvalue weighted by Gasteiger charge is 2.26. The summed E-state index contributed by atoms with van der Waals surface area (Å²) in [6.45, 7) is 4.74. The fourth-order valence-electron chi connectivity index (χ4n) is 2.93. The summed E-state index contributed by atoms with van der Waals surface area (Å²) in [5.74, 6) is -0.387. The summed E-state index contributed by atoms with van der Waals surface area (Å²) in [7, 11) is -1.94. The number of hydrogen-bond acceptors (Lipinski definition) is 6. The molecule has 3 rings (SSSR count). The van der Waals surface area contributed by atoms with Gasteiger partial charge in [0.1, 0.15) is 0 Å². The molecule has 0 fully saturated rings. The fraction of sp³-hybridized carbons (Fsp3) is 0.300. The second kappa shape index (κ2) is 8.69. The zero-order valence-electron chi connectivity index (χ0n) is 16.1. The van der Waals surface area contributed by atoms with Gasteiger partial charge in [-0.1, -0.05) is 12.1 Å². The van der Waals surface area contributed by atoms with Gasteiger partial charge < -0.3 is 18.4 Å². The summed E-state index contributed by atoms with van der Waals surface area (Å²) in [4.78, 5) is 16.2. The van der Waals surface area contributed by atoms with E-state index in [0.717, 1.165) is 16.6 Å². The molecule has 0 unspecified atom stereocenters. The minimum atomic E-state index is -3.29. The molecule has 0 aliphatic rings.